The highest BCUT2D eigenvalue weighted by Crippen LogP contribution is 2.28. The molecule has 4 aromatic rings. The number of nitrogens with one attached hydrogen (secondary N) is 2. The third-order valence-electron chi connectivity index (χ3n) is 3.86. The van der Waals surface area contributed by atoms with Gasteiger partial charge >= 0.3 is 0 Å². The number of rotatable bonds is 3. The Labute approximate surface area is 151 Å². The second-order valence-corrected chi connectivity index (χ2v) is 7.64. The van der Waals surface area contributed by atoms with Crippen molar-refractivity contribution in [2.24, 2.45) is 0 Å². The highest BCUT2D eigenvalue weighted by molar-refractivity contribution is 7.93. The van der Waals surface area contributed by atoms with Gasteiger partial charge in [-0.15, -0.1) is 0 Å². The van der Waals surface area contributed by atoms with Crippen LogP contribution in [-0.2, 0) is 10.0 Å². The number of hydrogen-bond donors (Lipinski definition) is 2. The minimum atomic E-state index is -4.21. The highest BCUT2D eigenvalue weighted by Gasteiger charge is 2.23. The number of anilines is 1. The van der Waals surface area contributed by atoms with E-state index in [0.717, 1.165) is 5.39 Å². The summed E-state index contributed by atoms with van der Waals surface area (Å²) in [5.41, 5.74) is 0.777. The van der Waals surface area contributed by atoms with E-state index in [1.54, 1.807) is 18.2 Å². The van der Waals surface area contributed by atoms with Gasteiger partial charge in [-0.2, -0.15) is 0 Å². The maximum atomic E-state index is 13.9. The molecule has 2 aromatic heterocycles. The van der Waals surface area contributed by atoms with Gasteiger partial charge in [0.1, 0.15) is 22.0 Å². The molecule has 2 aromatic carbocycles. The van der Waals surface area contributed by atoms with Gasteiger partial charge in [0.05, 0.1) is 21.7 Å². The fourth-order valence-corrected chi connectivity index (χ4v) is 3.96. The van der Waals surface area contributed by atoms with Crippen molar-refractivity contribution in [3.63, 3.8) is 0 Å². The summed E-state index contributed by atoms with van der Waals surface area (Å²) in [6, 6.07) is 10.4. The smallest absolute Gasteiger partial charge is 0.265 e. The Bertz CT molecular complexity index is 1270. The number of nitrogens with zero attached hydrogens (tertiary/aromatic N) is 1. The van der Waals surface area contributed by atoms with Crippen LogP contribution in [0, 0.1) is 11.6 Å². The number of para-hydroxylation sites is 1. The van der Waals surface area contributed by atoms with Gasteiger partial charge in [0.25, 0.3) is 10.0 Å². The number of sulfonamides is 1. The molecular formula is C17H10ClF2N3O2S. The van der Waals surface area contributed by atoms with Crippen LogP contribution in [0.4, 0.5) is 14.5 Å². The Balaban J connectivity index is 1.83. The zero-order valence-electron chi connectivity index (χ0n) is 12.9. The average molecular weight is 394 g/mol. The molecule has 0 unspecified atom stereocenters. The summed E-state index contributed by atoms with van der Waals surface area (Å²) in [5.74, 6) is -1.92. The number of hydrogen-bond acceptors (Lipinski definition) is 3. The van der Waals surface area contributed by atoms with E-state index in [1.807, 2.05) is 16.9 Å². The maximum absolute atomic E-state index is 13.9. The molecule has 0 aliphatic carbocycles. The molecule has 0 saturated carbocycles. The first-order valence-electron chi connectivity index (χ1n) is 7.39. The van der Waals surface area contributed by atoms with Crippen molar-refractivity contribution in [3.05, 3.63) is 65.3 Å². The summed E-state index contributed by atoms with van der Waals surface area (Å²) >= 11 is 5.48. The molecule has 0 fully saturated rings. The van der Waals surface area contributed by atoms with Crippen LogP contribution in [0.3, 0.4) is 0 Å². The molecule has 0 aliphatic rings. The lowest BCUT2D eigenvalue weighted by atomic mass is 10.2. The third kappa shape index (κ3) is 2.77. The number of halogens is 3. The fraction of sp³-hybridized carbons (Fsp3) is 0. The van der Waals surface area contributed by atoms with Gasteiger partial charge in [0.2, 0.25) is 0 Å². The molecule has 9 heteroatoms. The van der Waals surface area contributed by atoms with E-state index in [1.165, 1.54) is 6.20 Å². The fourth-order valence-electron chi connectivity index (χ4n) is 2.63. The van der Waals surface area contributed by atoms with Gasteiger partial charge in [0, 0.05) is 17.6 Å². The average Bonchev–Trinajstić information content (AvgIpc) is 3.01. The summed E-state index contributed by atoms with van der Waals surface area (Å²) in [6.07, 6.45) is 1.25. The SMILES string of the molecule is O=S(=O)(Nc1cc(F)c(Cl)cc1F)c1c[nH]c2cc3ccccc3nc12. The molecule has 2 N–H and O–H groups in total. The molecule has 0 atom stereocenters. The van der Waals surface area contributed by atoms with Crippen LogP contribution < -0.4 is 4.72 Å². The highest BCUT2D eigenvalue weighted by atomic mass is 35.5. The molecule has 5 nitrogen and oxygen atoms in total. The molecule has 0 amide bonds. The standard InChI is InChI=1S/C17H10ClF2N3O2S/c18-10-6-12(20)14(7-11(10)19)23-26(24,25)16-8-21-15-5-9-3-1-2-4-13(9)22-17(15)16/h1-8,21,23H. The largest absolute Gasteiger partial charge is 0.358 e. The summed E-state index contributed by atoms with van der Waals surface area (Å²) in [4.78, 5) is 7.02. The van der Waals surface area contributed by atoms with Crippen LogP contribution in [0.15, 0.2) is 53.6 Å². The topological polar surface area (TPSA) is 74.8 Å². The third-order valence-corrected chi connectivity index (χ3v) is 5.53. The summed E-state index contributed by atoms with van der Waals surface area (Å²) < 4.78 is 54.8. The predicted octanol–water partition coefficient (Wildman–Crippen LogP) is 4.45. The van der Waals surface area contributed by atoms with E-state index in [2.05, 4.69) is 9.97 Å². The number of pyridine rings is 1. The monoisotopic (exact) mass is 393 g/mol. The molecule has 26 heavy (non-hydrogen) atoms. The van der Waals surface area contributed by atoms with Gasteiger partial charge in [0.15, 0.2) is 0 Å². The molecule has 0 bridgehead atoms. The summed E-state index contributed by atoms with van der Waals surface area (Å²) in [6.45, 7) is 0. The molecule has 132 valence electrons. The lowest BCUT2D eigenvalue weighted by molar-refractivity contribution is 0.595. The molecule has 4 rings (SSSR count). The molecule has 0 saturated heterocycles. The van der Waals surface area contributed by atoms with Crippen molar-refractivity contribution in [2.45, 2.75) is 4.90 Å². The molecule has 0 aliphatic heterocycles. The quantitative estimate of drug-likeness (QED) is 0.505. The van der Waals surface area contributed by atoms with Gasteiger partial charge in [-0.3, -0.25) is 4.72 Å². The normalized spacial score (nSPS) is 12.0. The Kier molecular flexibility index (Phi) is 3.82. The zero-order chi connectivity index (χ0) is 18.5. The van der Waals surface area contributed by atoms with Crippen LogP contribution in [0.1, 0.15) is 0 Å². The minimum absolute atomic E-state index is 0.173. The van der Waals surface area contributed by atoms with Crippen molar-refractivity contribution < 1.29 is 17.2 Å². The predicted molar refractivity (Wildman–Crippen MR) is 95.8 cm³/mol. The first-order chi connectivity index (χ1) is 12.3. The number of fused-ring (bicyclic) bond motifs is 2. The molecular weight excluding hydrogens is 384 g/mol. The zero-order valence-corrected chi connectivity index (χ0v) is 14.5. The van der Waals surface area contributed by atoms with Crippen molar-refractivity contribution >= 4 is 49.2 Å². The van der Waals surface area contributed by atoms with E-state index >= 15 is 0 Å². The number of H-pyrrole nitrogens is 1. The Hall–Kier alpha value is -2.71. The summed E-state index contributed by atoms with van der Waals surface area (Å²) in [5, 5.41) is 0.398. The molecule has 0 radical (unpaired) electrons. The maximum Gasteiger partial charge on any atom is 0.265 e. The second kappa shape index (κ2) is 5.93. The van der Waals surface area contributed by atoms with Crippen LogP contribution in [0.2, 0.25) is 5.02 Å². The van der Waals surface area contributed by atoms with Crippen molar-refractivity contribution in [1.82, 2.24) is 9.97 Å². The van der Waals surface area contributed by atoms with Gasteiger partial charge in [-0.1, -0.05) is 29.8 Å². The summed E-state index contributed by atoms with van der Waals surface area (Å²) in [7, 11) is -4.21. The van der Waals surface area contributed by atoms with Crippen LogP contribution >= 0.6 is 11.6 Å². The van der Waals surface area contributed by atoms with Crippen molar-refractivity contribution in [3.8, 4) is 0 Å². The Morgan fingerprint density at radius 2 is 1.85 bits per heavy atom. The van der Waals surface area contributed by atoms with Gasteiger partial charge < -0.3 is 4.98 Å². The second-order valence-electron chi connectivity index (χ2n) is 5.58. The number of aromatic amines is 1. The number of aromatic nitrogens is 2. The molecule has 2 heterocycles. The van der Waals surface area contributed by atoms with Crippen LogP contribution in [0.25, 0.3) is 21.9 Å². The minimum Gasteiger partial charge on any atom is -0.358 e. The molecule has 0 spiro atoms. The van der Waals surface area contributed by atoms with Crippen LogP contribution in [0.5, 0.6) is 0 Å². The van der Waals surface area contributed by atoms with Crippen LogP contribution in [-0.4, -0.2) is 18.4 Å². The van der Waals surface area contributed by atoms with E-state index in [4.69, 9.17) is 11.6 Å². The number of benzene rings is 2. The lowest BCUT2D eigenvalue weighted by Crippen LogP contribution is -2.14. The first-order valence-corrected chi connectivity index (χ1v) is 9.25. The van der Waals surface area contributed by atoms with E-state index < -0.39 is 32.4 Å². The Morgan fingerprint density at radius 3 is 2.65 bits per heavy atom. The first kappa shape index (κ1) is 16.7. The lowest BCUT2D eigenvalue weighted by Gasteiger charge is -2.09. The van der Waals surface area contributed by atoms with E-state index in [0.29, 0.717) is 23.2 Å². The van der Waals surface area contributed by atoms with E-state index in [9.17, 15) is 17.2 Å². The Morgan fingerprint density at radius 1 is 1.08 bits per heavy atom. The van der Waals surface area contributed by atoms with Gasteiger partial charge in [-0.25, -0.2) is 22.2 Å². The van der Waals surface area contributed by atoms with E-state index in [-0.39, 0.29) is 10.4 Å². The van der Waals surface area contributed by atoms with Crippen molar-refractivity contribution in [2.75, 3.05) is 4.72 Å². The van der Waals surface area contributed by atoms with Crippen molar-refractivity contribution in [1.29, 1.82) is 0 Å². The van der Waals surface area contributed by atoms with Gasteiger partial charge in [-0.05, 0) is 18.2 Å².